The average molecular weight is 841 g/mol. The van der Waals surface area contributed by atoms with Crippen molar-refractivity contribution in [1.29, 1.82) is 0 Å². The molecule has 1 saturated heterocycles. The van der Waals surface area contributed by atoms with E-state index in [1.807, 2.05) is 0 Å². The highest BCUT2D eigenvalue weighted by Crippen LogP contribution is 2.22. The van der Waals surface area contributed by atoms with Gasteiger partial charge in [-0.15, -0.1) is 0 Å². The zero-order valence-corrected chi connectivity index (χ0v) is 37.4. The van der Waals surface area contributed by atoms with E-state index < -0.39 is 43.4 Å². The molecule has 0 amide bonds. The van der Waals surface area contributed by atoms with E-state index >= 15 is 0 Å². The van der Waals surface area contributed by atoms with Crippen LogP contribution in [-0.2, 0) is 23.7 Å². The molecule has 1 aliphatic heterocycles. The molecule has 0 aliphatic carbocycles. The summed E-state index contributed by atoms with van der Waals surface area (Å²) in [5.41, 5.74) is 0. The molecule has 0 aromatic carbocycles. The van der Waals surface area contributed by atoms with Crippen LogP contribution in [0.5, 0.6) is 0 Å². The number of carbonyl (C=O) groups is 1. The van der Waals surface area contributed by atoms with Crippen LogP contribution in [0.1, 0.15) is 155 Å². The monoisotopic (exact) mass is 841 g/mol. The fourth-order valence-electron chi connectivity index (χ4n) is 6.39. The highest BCUT2D eigenvalue weighted by atomic mass is 16.7. The quantitative estimate of drug-likeness (QED) is 0.0272. The molecule has 1 heterocycles. The van der Waals surface area contributed by atoms with Gasteiger partial charge in [0.25, 0.3) is 0 Å². The van der Waals surface area contributed by atoms with Gasteiger partial charge in [-0.25, -0.2) is 0 Å². The first-order chi connectivity index (χ1) is 29.4. The Morgan fingerprint density at radius 3 is 1.53 bits per heavy atom. The molecule has 0 saturated carbocycles. The Hall–Kier alpha value is -2.89. The van der Waals surface area contributed by atoms with E-state index in [1.165, 1.54) is 51.4 Å². The second-order valence-electron chi connectivity index (χ2n) is 15.5. The minimum atomic E-state index is -1.56. The van der Waals surface area contributed by atoms with Gasteiger partial charge in [-0.3, -0.25) is 4.79 Å². The SMILES string of the molecule is CC/C=C\C/C=C\C/C=C\C/C=C\C/C=C\CCOCC(COC1OC(CO)C(O)C(O)C1O)OC(=O)CCCCCCCC/C=C\C/C=C\C/C=C\CCCCCCC. The first-order valence-electron chi connectivity index (χ1n) is 23.3. The summed E-state index contributed by atoms with van der Waals surface area (Å²) in [6, 6.07) is 0. The van der Waals surface area contributed by atoms with E-state index in [9.17, 15) is 25.2 Å². The van der Waals surface area contributed by atoms with Gasteiger partial charge < -0.3 is 39.4 Å². The molecule has 0 bridgehead atoms. The molecule has 6 unspecified atom stereocenters. The van der Waals surface area contributed by atoms with Crippen molar-refractivity contribution >= 4 is 5.97 Å². The van der Waals surface area contributed by atoms with E-state index in [0.29, 0.717) is 13.0 Å². The standard InChI is InChI=1S/C51H84O9/c1-3-5-7-9-11-13-15-17-19-21-22-23-24-25-26-28-30-32-34-36-38-40-47(53)59-45(44-58-51-50(56)49(55)48(54)46(42-52)60-51)43-57-41-39-37-35-33-31-29-27-20-18-16-14-12-10-8-6-4-2/h6,8,12,14-15,17-18,20-22,24-25,29,31,35,37,45-46,48-52,54-56H,3-5,7,9-11,13,16,19,23,26-28,30,32-34,36,38-44H2,1-2H3/b8-6-,14-12-,17-15-,20-18-,22-21-,25-24-,31-29-,37-35-. The number of allylic oxidation sites excluding steroid dienone is 15. The van der Waals surface area contributed by atoms with Crippen LogP contribution in [-0.4, -0.2) is 89.6 Å². The van der Waals surface area contributed by atoms with Gasteiger partial charge in [-0.2, -0.15) is 0 Å². The number of esters is 1. The Kier molecular flexibility index (Phi) is 38.1. The molecule has 1 aliphatic rings. The highest BCUT2D eigenvalue weighted by molar-refractivity contribution is 5.69. The molecular weight excluding hydrogens is 757 g/mol. The van der Waals surface area contributed by atoms with Gasteiger partial charge in [-0.05, 0) is 83.5 Å². The van der Waals surface area contributed by atoms with Gasteiger partial charge >= 0.3 is 5.97 Å². The largest absolute Gasteiger partial charge is 0.457 e. The zero-order chi connectivity index (χ0) is 43.6. The van der Waals surface area contributed by atoms with Crippen LogP contribution in [0.3, 0.4) is 0 Å². The molecule has 9 heteroatoms. The molecule has 0 spiro atoms. The minimum absolute atomic E-state index is 0.0786. The third-order valence-electron chi connectivity index (χ3n) is 10.0. The van der Waals surface area contributed by atoms with E-state index in [4.69, 9.17) is 18.9 Å². The summed E-state index contributed by atoms with van der Waals surface area (Å²) in [7, 11) is 0. The van der Waals surface area contributed by atoms with Crippen molar-refractivity contribution in [2.45, 2.75) is 192 Å². The number of unbranched alkanes of at least 4 members (excludes halogenated alkanes) is 11. The number of rotatable bonds is 38. The average Bonchev–Trinajstić information content (AvgIpc) is 3.25. The maximum Gasteiger partial charge on any atom is 0.306 e. The third-order valence-corrected chi connectivity index (χ3v) is 10.0. The molecule has 9 nitrogen and oxygen atoms in total. The fraction of sp³-hybridized carbons (Fsp3) is 0.667. The zero-order valence-electron chi connectivity index (χ0n) is 37.4. The fourth-order valence-corrected chi connectivity index (χ4v) is 6.39. The van der Waals surface area contributed by atoms with Crippen LogP contribution in [0.15, 0.2) is 97.2 Å². The van der Waals surface area contributed by atoms with Crippen molar-refractivity contribution in [3.8, 4) is 0 Å². The lowest BCUT2D eigenvalue weighted by atomic mass is 9.99. The Morgan fingerprint density at radius 2 is 1.02 bits per heavy atom. The van der Waals surface area contributed by atoms with Crippen LogP contribution in [0.2, 0.25) is 0 Å². The van der Waals surface area contributed by atoms with Crippen molar-refractivity contribution in [2.24, 2.45) is 0 Å². The summed E-state index contributed by atoms with van der Waals surface area (Å²) in [6.07, 6.45) is 50.2. The van der Waals surface area contributed by atoms with Crippen LogP contribution < -0.4 is 0 Å². The summed E-state index contributed by atoms with van der Waals surface area (Å²) in [4.78, 5) is 12.8. The Bertz CT molecular complexity index is 1230. The number of carbonyl (C=O) groups excluding carboxylic acids is 1. The molecule has 0 aromatic heterocycles. The summed E-state index contributed by atoms with van der Waals surface area (Å²) < 4.78 is 22.7. The van der Waals surface area contributed by atoms with Crippen molar-refractivity contribution < 1.29 is 44.2 Å². The molecule has 6 atom stereocenters. The lowest BCUT2D eigenvalue weighted by Crippen LogP contribution is -2.59. The van der Waals surface area contributed by atoms with E-state index in [1.54, 1.807) is 0 Å². The van der Waals surface area contributed by atoms with Crippen molar-refractivity contribution in [3.63, 3.8) is 0 Å². The second kappa shape index (κ2) is 41.5. The van der Waals surface area contributed by atoms with Gasteiger partial charge in [0.1, 0.15) is 30.5 Å². The molecule has 0 aromatic rings. The van der Waals surface area contributed by atoms with Crippen molar-refractivity contribution in [2.75, 3.05) is 26.4 Å². The van der Waals surface area contributed by atoms with Crippen molar-refractivity contribution in [1.82, 2.24) is 0 Å². The maximum absolute atomic E-state index is 12.8. The lowest BCUT2D eigenvalue weighted by Gasteiger charge is -2.39. The maximum atomic E-state index is 12.8. The molecule has 1 fully saturated rings. The van der Waals surface area contributed by atoms with Gasteiger partial charge in [0.15, 0.2) is 6.29 Å². The van der Waals surface area contributed by atoms with E-state index in [0.717, 1.165) is 77.0 Å². The first kappa shape index (κ1) is 55.1. The number of hydrogen-bond acceptors (Lipinski definition) is 9. The number of aliphatic hydroxyl groups is 4. The molecule has 4 N–H and O–H groups in total. The normalized spacial score (nSPS) is 20.9. The van der Waals surface area contributed by atoms with Crippen LogP contribution >= 0.6 is 0 Å². The number of aliphatic hydroxyl groups excluding tert-OH is 4. The van der Waals surface area contributed by atoms with Crippen LogP contribution in [0.4, 0.5) is 0 Å². The second-order valence-corrected chi connectivity index (χ2v) is 15.5. The molecule has 60 heavy (non-hydrogen) atoms. The Labute approximate surface area is 364 Å². The predicted octanol–water partition coefficient (Wildman–Crippen LogP) is 10.8. The topological polar surface area (TPSA) is 135 Å². The first-order valence-corrected chi connectivity index (χ1v) is 23.3. The van der Waals surface area contributed by atoms with Crippen molar-refractivity contribution in [3.05, 3.63) is 97.2 Å². The molecule has 1 rings (SSSR count). The molecular formula is C51H84O9. The number of hydrogen-bond donors (Lipinski definition) is 4. The summed E-state index contributed by atoms with van der Waals surface area (Å²) in [5, 5.41) is 40.1. The van der Waals surface area contributed by atoms with E-state index in [2.05, 4.69) is 111 Å². The smallest absolute Gasteiger partial charge is 0.306 e. The van der Waals surface area contributed by atoms with E-state index in [-0.39, 0.29) is 25.6 Å². The van der Waals surface area contributed by atoms with Gasteiger partial charge in [0, 0.05) is 6.42 Å². The van der Waals surface area contributed by atoms with Gasteiger partial charge in [0.05, 0.1) is 26.4 Å². The predicted molar refractivity (Wildman–Crippen MR) is 246 cm³/mol. The molecule has 0 radical (unpaired) electrons. The lowest BCUT2D eigenvalue weighted by molar-refractivity contribution is -0.305. The summed E-state index contributed by atoms with van der Waals surface area (Å²) >= 11 is 0. The summed E-state index contributed by atoms with van der Waals surface area (Å²) in [6.45, 7) is 4.17. The Morgan fingerprint density at radius 1 is 0.550 bits per heavy atom. The van der Waals surface area contributed by atoms with Crippen LogP contribution in [0, 0.1) is 0 Å². The Balaban J connectivity index is 2.32. The highest BCUT2D eigenvalue weighted by Gasteiger charge is 2.44. The van der Waals surface area contributed by atoms with Gasteiger partial charge in [-0.1, -0.05) is 162 Å². The van der Waals surface area contributed by atoms with Crippen LogP contribution in [0.25, 0.3) is 0 Å². The molecule has 342 valence electrons. The van der Waals surface area contributed by atoms with Gasteiger partial charge in [0.2, 0.25) is 0 Å². The number of ether oxygens (including phenoxy) is 4. The minimum Gasteiger partial charge on any atom is -0.457 e. The third kappa shape index (κ3) is 31.9. The summed E-state index contributed by atoms with van der Waals surface area (Å²) in [5.74, 6) is -0.355.